The summed E-state index contributed by atoms with van der Waals surface area (Å²) >= 11 is 1.55. The lowest BCUT2D eigenvalue weighted by Gasteiger charge is -2.18. The molecule has 1 atom stereocenters. The van der Waals surface area contributed by atoms with Gasteiger partial charge >= 0.3 is 0 Å². The van der Waals surface area contributed by atoms with E-state index in [1.165, 1.54) is 24.3 Å². The summed E-state index contributed by atoms with van der Waals surface area (Å²) in [6.07, 6.45) is 0.0866. The quantitative estimate of drug-likeness (QED) is 0.540. The summed E-state index contributed by atoms with van der Waals surface area (Å²) in [5.41, 5.74) is 1.32. The van der Waals surface area contributed by atoms with Crippen molar-refractivity contribution >= 4 is 27.3 Å². The molecule has 29 heavy (non-hydrogen) atoms. The van der Waals surface area contributed by atoms with E-state index < -0.39 is 10.0 Å². The van der Waals surface area contributed by atoms with Crippen LogP contribution in [0.3, 0.4) is 0 Å². The maximum Gasteiger partial charge on any atom is 0.252 e. The predicted molar refractivity (Wildman–Crippen MR) is 112 cm³/mol. The molecule has 6 nitrogen and oxygen atoms in total. The maximum atomic E-state index is 12.8. The summed E-state index contributed by atoms with van der Waals surface area (Å²) in [4.78, 5) is 13.8. The van der Waals surface area contributed by atoms with Gasteiger partial charge in [0.1, 0.15) is 0 Å². The van der Waals surface area contributed by atoms with Crippen LogP contribution in [0.2, 0.25) is 0 Å². The number of carbonyl (C=O) groups excluding carboxylic acids is 1. The molecule has 0 aliphatic carbocycles. The first-order valence-electron chi connectivity index (χ1n) is 8.87. The van der Waals surface area contributed by atoms with Gasteiger partial charge in [-0.2, -0.15) is 5.26 Å². The second kappa shape index (κ2) is 9.47. The van der Waals surface area contributed by atoms with Crippen molar-refractivity contribution in [2.24, 2.45) is 0 Å². The Bertz CT molecular complexity index is 1090. The van der Waals surface area contributed by atoms with Crippen LogP contribution in [-0.4, -0.2) is 20.9 Å². The van der Waals surface area contributed by atoms with Crippen LogP contribution in [0.5, 0.6) is 0 Å². The zero-order valence-corrected chi connectivity index (χ0v) is 17.0. The highest BCUT2D eigenvalue weighted by molar-refractivity contribution is 7.89. The SMILES string of the molecule is N#CCCNS(=O)(=O)c1ccc(C(=O)NC(c2ccccc2)c2cccs2)cc1. The van der Waals surface area contributed by atoms with Gasteiger partial charge in [-0.1, -0.05) is 36.4 Å². The fraction of sp³-hybridized carbons (Fsp3) is 0.143. The average Bonchev–Trinajstić information content (AvgIpc) is 3.27. The van der Waals surface area contributed by atoms with E-state index in [1.807, 2.05) is 53.9 Å². The Labute approximate surface area is 173 Å². The monoisotopic (exact) mass is 425 g/mol. The number of carbonyl (C=O) groups is 1. The Morgan fingerprint density at radius 1 is 1.03 bits per heavy atom. The Hall–Kier alpha value is -2.99. The molecule has 0 bridgehead atoms. The van der Waals surface area contributed by atoms with Crippen LogP contribution in [0.15, 0.2) is 77.0 Å². The van der Waals surface area contributed by atoms with Crippen LogP contribution < -0.4 is 10.0 Å². The van der Waals surface area contributed by atoms with E-state index >= 15 is 0 Å². The van der Waals surface area contributed by atoms with Crippen molar-refractivity contribution in [3.63, 3.8) is 0 Å². The largest absolute Gasteiger partial charge is 0.340 e. The molecule has 0 saturated carbocycles. The van der Waals surface area contributed by atoms with Gasteiger partial charge in [0.05, 0.1) is 17.0 Å². The van der Waals surface area contributed by atoms with E-state index in [-0.39, 0.29) is 29.8 Å². The van der Waals surface area contributed by atoms with Crippen LogP contribution in [0.25, 0.3) is 0 Å². The van der Waals surface area contributed by atoms with Crippen molar-refractivity contribution in [1.29, 1.82) is 5.26 Å². The minimum atomic E-state index is -3.71. The lowest BCUT2D eigenvalue weighted by atomic mass is 10.0. The number of sulfonamides is 1. The van der Waals surface area contributed by atoms with E-state index in [2.05, 4.69) is 10.0 Å². The average molecular weight is 426 g/mol. The molecular formula is C21H19N3O3S2. The first kappa shape index (κ1) is 20.7. The molecule has 0 radical (unpaired) electrons. The van der Waals surface area contributed by atoms with Gasteiger partial charge in [0, 0.05) is 23.4 Å². The molecule has 0 fully saturated rings. The molecule has 3 rings (SSSR count). The van der Waals surface area contributed by atoms with Crippen LogP contribution in [0.4, 0.5) is 0 Å². The third-order valence-corrected chi connectivity index (χ3v) is 6.61. The number of hydrogen-bond donors (Lipinski definition) is 2. The van der Waals surface area contributed by atoms with Crippen LogP contribution in [-0.2, 0) is 10.0 Å². The lowest BCUT2D eigenvalue weighted by Crippen LogP contribution is -2.29. The molecule has 8 heteroatoms. The van der Waals surface area contributed by atoms with Gasteiger partial charge in [-0.15, -0.1) is 11.3 Å². The van der Waals surface area contributed by atoms with E-state index in [9.17, 15) is 13.2 Å². The van der Waals surface area contributed by atoms with E-state index in [4.69, 9.17) is 5.26 Å². The molecule has 3 aromatic rings. The summed E-state index contributed by atoms with van der Waals surface area (Å²) in [5, 5.41) is 13.5. The molecule has 1 amide bonds. The third-order valence-electron chi connectivity index (χ3n) is 4.19. The van der Waals surface area contributed by atoms with Crippen molar-refractivity contribution in [3.05, 3.63) is 88.1 Å². The van der Waals surface area contributed by atoms with Crippen molar-refractivity contribution in [2.45, 2.75) is 17.4 Å². The molecular weight excluding hydrogens is 406 g/mol. The number of benzene rings is 2. The van der Waals surface area contributed by atoms with Crippen molar-refractivity contribution in [3.8, 4) is 6.07 Å². The Morgan fingerprint density at radius 2 is 1.76 bits per heavy atom. The third kappa shape index (κ3) is 5.29. The summed E-state index contributed by atoms with van der Waals surface area (Å²) in [5.74, 6) is -0.298. The molecule has 0 aliphatic rings. The highest BCUT2D eigenvalue weighted by Crippen LogP contribution is 2.26. The topological polar surface area (TPSA) is 99.1 Å². The molecule has 2 N–H and O–H groups in total. The van der Waals surface area contributed by atoms with Gasteiger partial charge in [0.15, 0.2) is 0 Å². The standard InChI is InChI=1S/C21H19N3O3S2/c22-13-5-14-23-29(26,27)18-11-9-17(10-12-18)21(25)24-20(19-8-4-15-28-19)16-6-2-1-3-7-16/h1-4,6-12,15,20,23H,5,14H2,(H,24,25). The molecule has 1 heterocycles. The molecule has 2 aromatic carbocycles. The normalized spacial score (nSPS) is 12.1. The zero-order valence-electron chi connectivity index (χ0n) is 15.4. The van der Waals surface area contributed by atoms with Gasteiger partial charge < -0.3 is 5.32 Å². The summed E-state index contributed by atoms with van der Waals surface area (Å²) in [6, 6.07) is 20.9. The lowest BCUT2D eigenvalue weighted by molar-refractivity contribution is 0.0943. The Kier molecular flexibility index (Phi) is 6.77. The maximum absolute atomic E-state index is 12.8. The summed E-state index contributed by atoms with van der Waals surface area (Å²) in [6.45, 7) is 0.0423. The number of nitrogens with zero attached hydrogens (tertiary/aromatic N) is 1. The van der Waals surface area contributed by atoms with Crippen LogP contribution >= 0.6 is 11.3 Å². The van der Waals surface area contributed by atoms with E-state index in [1.54, 1.807) is 11.3 Å². The highest BCUT2D eigenvalue weighted by Gasteiger charge is 2.19. The minimum absolute atomic E-state index is 0.0423. The molecule has 0 aliphatic heterocycles. The number of nitriles is 1. The predicted octanol–water partition coefficient (Wildman–Crippen LogP) is 3.46. The smallest absolute Gasteiger partial charge is 0.252 e. The fourth-order valence-corrected chi connectivity index (χ4v) is 4.58. The zero-order chi connectivity index (χ0) is 20.7. The van der Waals surface area contributed by atoms with Gasteiger partial charge in [0.2, 0.25) is 10.0 Å². The van der Waals surface area contributed by atoms with Gasteiger partial charge in [-0.3, -0.25) is 4.79 Å². The van der Waals surface area contributed by atoms with Crippen LogP contribution in [0.1, 0.15) is 33.3 Å². The van der Waals surface area contributed by atoms with Crippen LogP contribution in [0, 0.1) is 11.3 Å². The Balaban J connectivity index is 1.77. The number of hydrogen-bond acceptors (Lipinski definition) is 5. The van der Waals surface area contributed by atoms with E-state index in [0.717, 1.165) is 10.4 Å². The van der Waals surface area contributed by atoms with Gasteiger partial charge in [0.25, 0.3) is 5.91 Å². The van der Waals surface area contributed by atoms with Gasteiger partial charge in [-0.25, -0.2) is 13.1 Å². The molecule has 148 valence electrons. The molecule has 1 aromatic heterocycles. The number of rotatable bonds is 8. The second-order valence-corrected chi connectivity index (χ2v) is 8.91. The molecule has 1 unspecified atom stereocenters. The number of thiophene rings is 1. The van der Waals surface area contributed by atoms with E-state index in [0.29, 0.717) is 5.56 Å². The molecule has 0 saturated heterocycles. The first-order chi connectivity index (χ1) is 14.0. The number of nitrogens with one attached hydrogen (secondary N) is 2. The summed E-state index contributed by atoms with van der Waals surface area (Å²) < 4.78 is 26.7. The fourth-order valence-electron chi connectivity index (χ4n) is 2.74. The summed E-state index contributed by atoms with van der Waals surface area (Å²) in [7, 11) is -3.71. The first-order valence-corrected chi connectivity index (χ1v) is 11.2. The van der Waals surface area contributed by atoms with Crippen molar-refractivity contribution in [2.75, 3.05) is 6.54 Å². The van der Waals surface area contributed by atoms with Gasteiger partial charge in [-0.05, 0) is 41.3 Å². The minimum Gasteiger partial charge on any atom is -0.340 e. The van der Waals surface area contributed by atoms with Crippen molar-refractivity contribution in [1.82, 2.24) is 10.0 Å². The Morgan fingerprint density at radius 3 is 2.38 bits per heavy atom. The molecule has 0 spiro atoms. The second-order valence-electron chi connectivity index (χ2n) is 6.16. The highest BCUT2D eigenvalue weighted by atomic mass is 32.2. The number of amides is 1. The van der Waals surface area contributed by atoms with Crippen molar-refractivity contribution < 1.29 is 13.2 Å².